The van der Waals surface area contributed by atoms with Gasteiger partial charge in [-0.2, -0.15) is 0 Å². The number of para-hydroxylation sites is 2. The Morgan fingerprint density at radius 3 is 2.21 bits per heavy atom. The van der Waals surface area contributed by atoms with E-state index in [1.807, 2.05) is 37.3 Å². The van der Waals surface area contributed by atoms with Crippen molar-refractivity contribution in [1.29, 1.82) is 0 Å². The van der Waals surface area contributed by atoms with Crippen molar-refractivity contribution >= 4 is 5.97 Å². The molecule has 0 radical (unpaired) electrons. The Kier molecular flexibility index (Phi) is 9.02. The third-order valence-electron chi connectivity index (χ3n) is 4.81. The van der Waals surface area contributed by atoms with Gasteiger partial charge in [-0.15, -0.1) is 0 Å². The fraction of sp³-hybridized carbons (Fsp3) is 0.458. The van der Waals surface area contributed by atoms with E-state index in [2.05, 4.69) is 13.8 Å². The maximum absolute atomic E-state index is 12.6. The van der Waals surface area contributed by atoms with Crippen molar-refractivity contribution in [3.05, 3.63) is 59.7 Å². The van der Waals surface area contributed by atoms with Crippen molar-refractivity contribution in [2.75, 3.05) is 7.11 Å². The van der Waals surface area contributed by atoms with Gasteiger partial charge in [0.2, 0.25) is 0 Å². The van der Waals surface area contributed by atoms with Crippen LogP contribution in [0, 0.1) is 0 Å². The second-order valence-electron chi connectivity index (χ2n) is 7.01. The van der Waals surface area contributed by atoms with E-state index >= 15 is 0 Å². The molecule has 28 heavy (non-hydrogen) atoms. The molecule has 0 N–H and O–H groups in total. The van der Waals surface area contributed by atoms with E-state index < -0.39 is 5.97 Å². The number of rotatable bonds is 11. The molecule has 2 atom stereocenters. The summed E-state index contributed by atoms with van der Waals surface area (Å²) in [5.41, 5.74) is 1.51. The molecule has 0 aliphatic carbocycles. The highest BCUT2D eigenvalue weighted by atomic mass is 16.6. The van der Waals surface area contributed by atoms with Crippen LogP contribution in [0.2, 0.25) is 0 Å². The summed E-state index contributed by atoms with van der Waals surface area (Å²) in [5.74, 6) is 0.683. The molecule has 0 amide bonds. The number of unbranched alkanes of at least 4 members (excludes halogenated alkanes) is 1. The minimum Gasteiger partial charge on any atom is -0.487 e. The van der Waals surface area contributed by atoms with Gasteiger partial charge in [-0.25, -0.2) is 4.79 Å². The van der Waals surface area contributed by atoms with E-state index in [1.54, 1.807) is 25.3 Å². The molecule has 4 heteroatoms. The van der Waals surface area contributed by atoms with Crippen LogP contribution in [0.5, 0.6) is 11.5 Å². The lowest BCUT2D eigenvalue weighted by Gasteiger charge is -2.20. The molecule has 0 saturated heterocycles. The molecule has 0 heterocycles. The van der Waals surface area contributed by atoms with Crippen LogP contribution in [0.25, 0.3) is 0 Å². The second-order valence-corrected chi connectivity index (χ2v) is 7.01. The first-order chi connectivity index (χ1) is 13.6. The highest BCUT2D eigenvalue weighted by Gasteiger charge is 2.16. The average Bonchev–Trinajstić information content (AvgIpc) is 2.73. The number of ether oxygens (including phenoxy) is 3. The largest absolute Gasteiger partial charge is 0.487 e. The van der Waals surface area contributed by atoms with Crippen LogP contribution in [-0.2, 0) is 4.74 Å². The van der Waals surface area contributed by atoms with Crippen LogP contribution in [0.1, 0.15) is 74.9 Å². The summed E-state index contributed by atoms with van der Waals surface area (Å²) in [6.07, 6.45) is 5.43. The maximum atomic E-state index is 12.6. The quantitative estimate of drug-likeness (QED) is 0.334. The number of carbonyl (C=O) groups excluding carboxylic acids is 1. The fourth-order valence-electron chi connectivity index (χ4n) is 3.01. The SMILES string of the molecule is CCCCC(CCC)Oc1ccccc1OC(=O)c1ccc(C(C)OC)cc1. The van der Waals surface area contributed by atoms with Crippen LogP contribution in [0.3, 0.4) is 0 Å². The van der Waals surface area contributed by atoms with Crippen LogP contribution in [-0.4, -0.2) is 19.2 Å². The molecule has 0 aliphatic rings. The molecule has 2 unspecified atom stereocenters. The molecular formula is C24H32O4. The van der Waals surface area contributed by atoms with Crippen molar-refractivity contribution in [2.24, 2.45) is 0 Å². The van der Waals surface area contributed by atoms with Crippen LogP contribution in [0.15, 0.2) is 48.5 Å². The fourth-order valence-corrected chi connectivity index (χ4v) is 3.01. The van der Waals surface area contributed by atoms with Crippen molar-refractivity contribution < 1.29 is 19.0 Å². The lowest BCUT2D eigenvalue weighted by Crippen LogP contribution is -2.17. The number of benzene rings is 2. The van der Waals surface area contributed by atoms with Gasteiger partial charge >= 0.3 is 5.97 Å². The van der Waals surface area contributed by atoms with Gasteiger partial charge in [0.15, 0.2) is 11.5 Å². The first-order valence-electron chi connectivity index (χ1n) is 10.2. The Labute approximate surface area is 168 Å². The van der Waals surface area contributed by atoms with Gasteiger partial charge in [-0.3, -0.25) is 0 Å². The van der Waals surface area contributed by atoms with Crippen molar-refractivity contribution in [2.45, 2.75) is 65.1 Å². The van der Waals surface area contributed by atoms with Gasteiger partial charge in [0.1, 0.15) is 0 Å². The van der Waals surface area contributed by atoms with Gasteiger partial charge in [0, 0.05) is 7.11 Å². The molecule has 152 valence electrons. The number of methoxy groups -OCH3 is 1. The minimum absolute atomic E-state index is 0.0159. The van der Waals surface area contributed by atoms with Crippen LogP contribution in [0.4, 0.5) is 0 Å². The number of hydrogen-bond donors (Lipinski definition) is 0. The smallest absolute Gasteiger partial charge is 0.343 e. The molecule has 0 fully saturated rings. The molecule has 0 bridgehead atoms. The Morgan fingerprint density at radius 2 is 1.61 bits per heavy atom. The van der Waals surface area contributed by atoms with E-state index in [0.29, 0.717) is 17.1 Å². The van der Waals surface area contributed by atoms with E-state index in [4.69, 9.17) is 14.2 Å². The Morgan fingerprint density at radius 1 is 0.929 bits per heavy atom. The van der Waals surface area contributed by atoms with E-state index in [1.165, 1.54) is 0 Å². The molecule has 4 nitrogen and oxygen atoms in total. The van der Waals surface area contributed by atoms with Crippen LogP contribution >= 0.6 is 0 Å². The van der Waals surface area contributed by atoms with E-state index in [-0.39, 0.29) is 12.2 Å². The first kappa shape index (κ1) is 22.0. The molecule has 0 spiro atoms. The minimum atomic E-state index is -0.395. The number of hydrogen-bond acceptors (Lipinski definition) is 4. The molecule has 0 saturated carbocycles. The summed E-state index contributed by atoms with van der Waals surface area (Å²) < 4.78 is 17.1. The third-order valence-corrected chi connectivity index (χ3v) is 4.81. The standard InChI is InChI=1S/C24H32O4/c1-5-7-11-21(10-6-2)27-22-12-8-9-13-23(22)28-24(25)20-16-14-19(15-17-20)18(3)26-4/h8-9,12-18,21H,5-7,10-11H2,1-4H3. The molecular weight excluding hydrogens is 352 g/mol. The molecule has 0 aromatic heterocycles. The number of esters is 1. The summed E-state index contributed by atoms with van der Waals surface area (Å²) in [6, 6.07) is 14.7. The predicted molar refractivity (Wildman–Crippen MR) is 112 cm³/mol. The van der Waals surface area contributed by atoms with Gasteiger partial charge in [0.25, 0.3) is 0 Å². The lowest BCUT2D eigenvalue weighted by atomic mass is 10.1. The van der Waals surface area contributed by atoms with Crippen LogP contribution < -0.4 is 9.47 Å². The zero-order valence-corrected chi connectivity index (χ0v) is 17.4. The normalized spacial score (nSPS) is 13.0. The predicted octanol–water partition coefficient (Wildman–Crippen LogP) is 6.35. The molecule has 2 aromatic carbocycles. The van der Waals surface area contributed by atoms with Crippen molar-refractivity contribution in [3.63, 3.8) is 0 Å². The zero-order chi connectivity index (χ0) is 20.4. The molecule has 0 aliphatic heterocycles. The summed E-state index contributed by atoms with van der Waals surface area (Å²) in [5, 5.41) is 0. The van der Waals surface area contributed by atoms with Crippen molar-refractivity contribution in [1.82, 2.24) is 0 Å². The highest BCUT2D eigenvalue weighted by Crippen LogP contribution is 2.30. The van der Waals surface area contributed by atoms with Gasteiger partial charge < -0.3 is 14.2 Å². The highest BCUT2D eigenvalue weighted by molar-refractivity contribution is 5.91. The Hall–Kier alpha value is -2.33. The van der Waals surface area contributed by atoms with E-state index in [0.717, 1.165) is 37.7 Å². The summed E-state index contributed by atoms with van der Waals surface area (Å²) in [7, 11) is 1.66. The summed E-state index contributed by atoms with van der Waals surface area (Å²) in [4.78, 5) is 12.6. The Balaban J connectivity index is 2.10. The third kappa shape index (κ3) is 6.38. The zero-order valence-electron chi connectivity index (χ0n) is 17.4. The maximum Gasteiger partial charge on any atom is 0.343 e. The van der Waals surface area contributed by atoms with Crippen molar-refractivity contribution in [3.8, 4) is 11.5 Å². The summed E-state index contributed by atoms with van der Waals surface area (Å²) >= 11 is 0. The molecule has 2 aromatic rings. The Bertz CT molecular complexity index is 724. The second kappa shape index (κ2) is 11.5. The monoisotopic (exact) mass is 384 g/mol. The van der Waals surface area contributed by atoms with E-state index in [9.17, 15) is 4.79 Å². The average molecular weight is 385 g/mol. The molecule has 2 rings (SSSR count). The summed E-state index contributed by atoms with van der Waals surface area (Å²) in [6.45, 7) is 6.30. The van der Waals surface area contributed by atoms with Gasteiger partial charge in [-0.05, 0) is 49.6 Å². The lowest BCUT2D eigenvalue weighted by molar-refractivity contribution is 0.0720. The topological polar surface area (TPSA) is 44.8 Å². The van der Waals surface area contributed by atoms with Gasteiger partial charge in [0.05, 0.1) is 17.8 Å². The first-order valence-corrected chi connectivity index (χ1v) is 10.2. The van der Waals surface area contributed by atoms with Gasteiger partial charge in [-0.1, -0.05) is 57.4 Å². The number of carbonyl (C=O) groups is 1.